The van der Waals surface area contributed by atoms with Crippen molar-refractivity contribution in [2.75, 3.05) is 19.8 Å². The normalized spacial score (nSPS) is 22.6. The molecule has 0 aliphatic carbocycles. The molecule has 0 aromatic carbocycles. The van der Waals surface area contributed by atoms with E-state index < -0.39 is 0 Å². The quantitative estimate of drug-likeness (QED) is 0.732. The molecule has 0 aromatic heterocycles. The van der Waals surface area contributed by atoms with Gasteiger partial charge in [-0.1, -0.05) is 26.7 Å². The van der Waals surface area contributed by atoms with Crippen molar-refractivity contribution in [3.8, 4) is 0 Å². The minimum atomic E-state index is 0.471. The highest BCUT2D eigenvalue weighted by atomic mass is 16.5. The van der Waals surface area contributed by atoms with Crippen LogP contribution in [-0.4, -0.2) is 25.8 Å². The summed E-state index contributed by atoms with van der Waals surface area (Å²) in [7, 11) is 0. The van der Waals surface area contributed by atoms with Gasteiger partial charge in [0.05, 0.1) is 0 Å². The molecule has 1 rings (SSSR count). The van der Waals surface area contributed by atoms with Crippen molar-refractivity contribution in [2.45, 2.75) is 58.9 Å². The summed E-state index contributed by atoms with van der Waals surface area (Å²) in [5.74, 6) is 0. The molecule has 1 unspecified atom stereocenters. The monoisotopic (exact) mass is 213 g/mol. The van der Waals surface area contributed by atoms with Crippen LogP contribution in [-0.2, 0) is 4.74 Å². The summed E-state index contributed by atoms with van der Waals surface area (Å²) in [5, 5.41) is 3.67. The van der Waals surface area contributed by atoms with Gasteiger partial charge < -0.3 is 10.1 Å². The van der Waals surface area contributed by atoms with Gasteiger partial charge in [0.2, 0.25) is 0 Å². The van der Waals surface area contributed by atoms with Crippen LogP contribution < -0.4 is 5.32 Å². The van der Waals surface area contributed by atoms with Crippen LogP contribution >= 0.6 is 0 Å². The second kappa shape index (κ2) is 6.49. The molecule has 1 saturated heterocycles. The molecule has 2 nitrogen and oxygen atoms in total. The van der Waals surface area contributed by atoms with E-state index in [9.17, 15) is 0 Å². The van der Waals surface area contributed by atoms with Gasteiger partial charge in [-0.05, 0) is 31.6 Å². The van der Waals surface area contributed by atoms with Gasteiger partial charge in [0.25, 0.3) is 0 Å². The standard InChI is InChI=1S/C13H27NO/c1-4-5-6-12(2)14-11-13(3)7-9-15-10-8-13/h12,14H,4-11H2,1-3H3. The third kappa shape index (κ3) is 4.98. The second-order valence-electron chi connectivity index (χ2n) is 5.35. The predicted molar refractivity (Wildman–Crippen MR) is 65.1 cm³/mol. The number of rotatable bonds is 6. The average molecular weight is 213 g/mol. The molecule has 0 bridgehead atoms. The van der Waals surface area contributed by atoms with Gasteiger partial charge in [0.15, 0.2) is 0 Å². The summed E-state index contributed by atoms with van der Waals surface area (Å²) in [6.45, 7) is 9.99. The molecular formula is C13H27NO. The van der Waals surface area contributed by atoms with Gasteiger partial charge in [0.1, 0.15) is 0 Å². The Hall–Kier alpha value is -0.0800. The molecule has 90 valence electrons. The largest absolute Gasteiger partial charge is 0.381 e. The minimum Gasteiger partial charge on any atom is -0.381 e. The van der Waals surface area contributed by atoms with Crippen molar-refractivity contribution in [3.63, 3.8) is 0 Å². The topological polar surface area (TPSA) is 21.3 Å². The van der Waals surface area contributed by atoms with Crippen LogP contribution in [0.3, 0.4) is 0 Å². The van der Waals surface area contributed by atoms with E-state index in [1.807, 2.05) is 0 Å². The molecule has 0 radical (unpaired) electrons. The fourth-order valence-corrected chi connectivity index (χ4v) is 2.07. The van der Waals surface area contributed by atoms with E-state index >= 15 is 0 Å². The highest BCUT2D eigenvalue weighted by Crippen LogP contribution is 2.28. The third-order valence-electron chi connectivity index (χ3n) is 3.57. The van der Waals surface area contributed by atoms with Gasteiger partial charge in [-0.2, -0.15) is 0 Å². The molecule has 1 N–H and O–H groups in total. The van der Waals surface area contributed by atoms with Gasteiger partial charge in [-0.15, -0.1) is 0 Å². The van der Waals surface area contributed by atoms with Crippen LogP contribution in [0.15, 0.2) is 0 Å². The molecule has 0 aromatic rings. The summed E-state index contributed by atoms with van der Waals surface area (Å²) < 4.78 is 5.41. The second-order valence-corrected chi connectivity index (χ2v) is 5.35. The number of nitrogens with one attached hydrogen (secondary N) is 1. The van der Waals surface area contributed by atoms with E-state index in [0.717, 1.165) is 19.8 Å². The molecule has 1 fully saturated rings. The predicted octanol–water partition coefficient (Wildman–Crippen LogP) is 2.97. The van der Waals surface area contributed by atoms with E-state index in [1.165, 1.54) is 32.1 Å². The highest BCUT2D eigenvalue weighted by molar-refractivity contribution is 4.80. The van der Waals surface area contributed by atoms with Crippen LogP contribution in [0.1, 0.15) is 52.9 Å². The van der Waals surface area contributed by atoms with Gasteiger partial charge in [0, 0.05) is 25.8 Å². The summed E-state index contributed by atoms with van der Waals surface area (Å²) in [5.41, 5.74) is 0.471. The first-order valence-electron chi connectivity index (χ1n) is 6.47. The molecule has 1 aliphatic heterocycles. The fraction of sp³-hybridized carbons (Fsp3) is 1.00. The van der Waals surface area contributed by atoms with Crippen LogP contribution in [0.4, 0.5) is 0 Å². The molecule has 15 heavy (non-hydrogen) atoms. The lowest BCUT2D eigenvalue weighted by atomic mass is 9.82. The van der Waals surface area contributed by atoms with Gasteiger partial charge >= 0.3 is 0 Å². The molecule has 1 heterocycles. The summed E-state index contributed by atoms with van der Waals surface area (Å²) in [4.78, 5) is 0. The summed E-state index contributed by atoms with van der Waals surface area (Å²) >= 11 is 0. The maximum Gasteiger partial charge on any atom is 0.0471 e. The number of hydrogen-bond donors (Lipinski definition) is 1. The van der Waals surface area contributed by atoms with Crippen molar-refractivity contribution in [3.05, 3.63) is 0 Å². The van der Waals surface area contributed by atoms with E-state index in [2.05, 4.69) is 26.1 Å². The zero-order valence-corrected chi connectivity index (χ0v) is 10.6. The molecule has 1 aliphatic rings. The third-order valence-corrected chi connectivity index (χ3v) is 3.57. The van der Waals surface area contributed by atoms with Crippen molar-refractivity contribution >= 4 is 0 Å². The van der Waals surface area contributed by atoms with Crippen molar-refractivity contribution in [1.82, 2.24) is 5.32 Å². The summed E-state index contributed by atoms with van der Waals surface area (Å²) in [6.07, 6.45) is 6.37. The van der Waals surface area contributed by atoms with Crippen LogP contribution in [0.2, 0.25) is 0 Å². The Balaban J connectivity index is 2.16. The Morgan fingerprint density at radius 2 is 2.00 bits per heavy atom. The molecule has 0 amide bonds. The maximum absolute atomic E-state index is 5.41. The number of ether oxygens (including phenoxy) is 1. The Labute approximate surface area is 94.8 Å². The molecule has 1 atom stereocenters. The zero-order valence-electron chi connectivity index (χ0n) is 10.6. The first kappa shape index (κ1) is 13.0. The Kier molecular flexibility index (Phi) is 5.62. The molecule has 0 saturated carbocycles. The Bertz CT molecular complexity index is 164. The van der Waals surface area contributed by atoms with E-state index in [1.54, 1.807) is 0 Å². The lowest BCUT2D eigenvalue weighted by Crippen LogP contribution is -2.40. The summed E-state index contributed by atoms with van der Waals surface area (Å²) in [6, 6.07) is 0.671. The molecule has 2 heteroatoms. The first-order chi connectivity index (χ1) is 7.16. The van der Waals surface area contributed by atoms with E-state index in [0.29, 0.717) is 11.5 Å². The first-order valence-corrected chi connectivity index (χ1v) is 6.47. The van der Waals surface area contributed by atoms with Gasteiger partial charge in [-0.3, -0.25) is 0 Å². The van der Waals surface area contributed by atoms with Crippen molar-refractivity contribution in [1.29, 1.82) is 0 Å². The highest BCUT2D eigenvalue weighted by Gasteiger charge is 2.27. The molecule has 0 spiro atoms. The van der Waals surface area contributed by atoms with E-state index in [4.69, 9.17) is 4.74 Å². The van der Waals surface area contributed by atoms with Crippen LogP contribution in [0, 0.1) is 5.41 Å². The fourth-order valence-electron chi connectivity index (χ4n) is 2.07. The Morgan fingerprint density at radius 1 is 1.33 bits per heavy atom. The smallest absolute Gasteiger partial charge is 0.0471 e. The van der Waals surface area contributed by atoms with E-state index in [-0.39, 0.29) is 0 Å². The van der Waals surface area contributed by atoms with Crippen molar-refractivity contribution < 1.29 is 4.74 Å². The number of unbranched alkanes of at least 4 members (excludes halogenated alkanes) is 1. The zero-order chi connectivity index (χ0) is 11.1. The lowest BCUT2D eigenvalue weighted by molar-refractivity contribution is 0.0230. The van der Waals surface area contributed by atoms with Crippen LogP contribution in [0.25, 0.3) is 0 Å². The average Bonchev–Trinajstić information content (AvgIpc) is 2.25. The molecular weight excluding hydrogens is 186 g/mol. The van der Waals surface area contributed by atoms with Gasteiger partial charge in [-0.25, -0.2) is 0 Å². The maximum atomic E-state index is 5.41. The lowest BCUT2D eigenvalue weighted by Gasteiger charge is -2.34. The SMILES string of the molecule is CCCCC(C)NCC1(C)CCOCC1. The Morgan fingerprint density at radius 3 is 2.60 bits per heavy atom. The van der Waals surface area contributed by atoms with Crippen molar-refractivity contribution in [2.24, 2.45) is 5.41 Å². The number of hydrogen-bond acceptors (Lipinski definition) is 2. The minimum absolute atomic E-state index is 0.471. The van der Waals surface area contributed by atoms with Crippen LogP contribution in [0.5, 0.6) is 0 Å².